The maximum absolute atomic E-state index is 9.11. The minimum absolute atomic E-state index is 0. The monoisotopic (exact) mass is 314 g/mol. The molecule has 15 heteroatoms. The van der Waals surface area contributed by atoms with E-state index in [2.05, 4.69) is 11.2 Å². The number of carbonyl (C=O) groups is 1. The van der Waals surface area contributed by atoms with Gasteiger partial charge < -0.3 is 40.4 Å². The van der Waals surface area contributed by atoms with Crippen LogP contribution in [0, 0.1) is 0 Å². The van der Waals surface area contributed by atoms with Crippen LogP contribution in [0.25, 0.3) is 0 Å². The number of hydrogen-bond donors (Lipinski definition) is 4. The summed E-state index contributed by atoms with van der Waals surface area (Å²) < 4.78 is 24.0. The van der Waals surface area contributed by atoms with Gasteiger partial charge in [-0.25, -0.2) is 4.79 Å². The molecule has 0 spiro atoms. The van der Waals surface area contributed by atoms with E-state index < -0.39 is 15.2 Å². The first-order chi connectivity index (χ1) is 3.73. The molecule has 0 aliphatic rings. The maximum Gasteiger partial charge on any atom is 1.00 e. The Bertz CT molecular complexity index is 173. The average Bonchev–Trinajstić information content (AvgIpc) is 1.19. The second-order valence-electron chi connectivity index (χ2n) is 0.730. The molecule has 0 heterocycles. The van der Waals surface area contributed by atoms with Gasteiger partial charge in [0.15, 0.2) is 0 Å². The molecule has 14 N–H and O–H groups in total. The molecule has 100 valence electrons. The maximum atomic E-state index is 9.11. The Balaban J connectivity index is -0.00000000406. The second kappa shape index (κ2) is 36.0. The molecule has 0 aromatic carbocycles. The van der Waals surface area contributed by atoms with Crippen LogP contribution in [0.5, 0.6) is 0 Å². The van der Waals surface area contributed by atoms with Crippen molar-refractivity contribution >= 4 is 26.4 Å². The first-order valence-electron chi connectivity index (χ1n) is 1.35. The third-order valence-corrected chi connectivity index (χ3v) is 0. The van der Waals surface area contributed by atoms with E-state index in [-0.39, 0.29) is 89.3 Å². The Morgan fingerprint density at radius 3 is 0.938 bits per heavy atom. The van der Waals surface area contributed by atoms with Crippen molar-refractivity contribution in [1.82, 2.24) is 0 Å². The number of rotatable bonds is 0. The SMILES string of the molecule is O.O.O.O.O.O=C(O)O.O=S(O)(O)=S.[H-].[H-].[Na+].[Na+]. The topological polar surface area (TPSA) is 273 Å². The fourth-order valence-corrected chi connectivity index (χ4v) is 0. The van der Waals surface area contributed by atoms with Crippen molar-refractivity contribution in [3.63, 3.8) is 0 Å². The van der Waals surface area contributed by atoms with Gasteiger partial charge in [-0.3, -0.25) is 9.11 Å². The Labute approximate surface area is 143 Å². The van der Waals surface area contributed by atoms with Crippen LogP contribution in [0.3, 0.4) is 0 Å². The molecule has 0 amide bonds. The Kier molecular flexibility index (Phi) is 149. The summed E-state index contributed by atoms with van der Waals surface area (Å²) in [6.07, 6.45) is -1.83. The van der Waals surface area contributed by atoms with Gasteiger partial charge in [-0.1, -0.05) is 0 Å². The molecular weight excluding hydrogens is 298 g/mol. The van der Waals surface area contributed by atoms with E-state index in [0.29, 0.717) is 0 Å². The van der Waals surface area contributed by atoms with Gasteiger partial charge in [-0.05, 0) is 0 Å². The minimum atomic E-state index is -3.83. The van der Waals surface area contributed by atoms with Gasteiger partial charge in [0.25, 0.3) is 9.05 Å². The predicted octanol–water partition coefficient (Wildman–Crippen LogP) is -9.99. The summed E-state index contributed by atoms with van der Waals surface area (Å²) in [5, 5.41) is 13.9. The summed E-state index contributed by atoms with van der Waals surface area (Å²) in [6, 6.07) is 0. The van der Waals surface area contributed by atoms with Crippen LogP contribution in [0.15, 0.2) is 0 Å². The van der Waals surface area contributed by atoms with Crippen LogP contribution >= 0.6 is 0 Å². The molecule has 0 bridgehead atoms. The molecule has 0 atom stereocenters. The molecule has 0 aliphatic heterocycles. The van der Waals surface area contributed by atoms with Gasteiger partial charge in [-0.2, -0.15) is 4.21 Å². The van der Waals surface area contributed by atoms with E-state index in [0.717, 1.165) is 0 Å². The van der Waals surface area contributed by atoms with Crippen LogP contribution in [-0.2, 0) is 20.2 Å². The van der Waals surface area contributed by atoms with Crippen LogP contribution in [-0.4, -0.2) is 57.1 Å². The van der Waals surface area contributed by atoms with Crippen LogP contribution in [0.2, 0.25) is 0 Å². The van der Waals surface area contributed by atoms with E-state index in [4.69, 9.17) is 28.3 Å². The fourth-order valence-electron chi connectivity index (χ4n) is 0. The molecule has 0 aromatic rings. The molecule has 0 aromatic heterocycles. The van der Waals surface area contributed by atoms with Crippen LogP contribution in [0.1, 0.15) is 2.85 Å². The van der Waals surface area contributed by atoms with Gasteiger partial charge in [0.1, 0.15) is 0 Å². The summed E-state index contributed by atoms with van der Waals surface area (Å²) in [6.45, 7) is 0. The Morgan fingerprint density at radius 2 is 0.938 bits per heavy atom. The van der Waals surface area contributed by atoms with Gasteiger partial charge in [-0.15, -0.1) is 0 Å². The summed E-state index contributed by atoms with van der Waals surface area (Å²) in [5.41, 5.74) is 0. The molecule has 11 nitrogen and oxygen atoms in total. The number of hydrogen-bond acceptors (Lipinski definition) is 3. The number of carboxylic acid groups (broad SMARTS) is 2. The summed E-state index contributed by atoms with van der Waals surface area (Å²) in [5.74, 6) is 0. The molecule has 0 unspecified atom stereocenters. The first-order valence-corrected chi connectivity index (χ1v) is 3.75. The molecule has 0 fully saturated rings. The van der Waals surface area contributed by atoms with Crippen molar-refractivity contribution in [2.75, 3.05) is 0 Å². The largest absolute Gasteiger partial charge is 1.00 e. The molecule has 0 saturated carbocycles. The standard InChI is InChI=1S/CH2O3.2Na.H2O3S2.5H2O.2H/c2-1(3)4;;;1-5(2,3)4;;;;;;;/h(H2,2,3,4);;;(H2,1,2,3,4);5*1H2;;/q;2*+1;;;;;;;2*-1. The quantitative estimate of drug-likeness (QED) is 0.313. The first kappa shape index (κ1) is 66.5. The predicted molar refractivity (Wildman–Crippen MR) is 51.7 cm³/mol. The molecular formula is CH16Na2O11S2. The molecule has 0 radical (unpaired) electrons. The van der Waals surface area contributed by atoms with Crippen LogP contribution < -0.4 is 59.1 Å². The normalized spacial score (nSPS) is 5.12. The second-order valence-corrected chi connectivity index (χ2v) is 2.93. The third kappa shape index (κ3) is 1710. The smallest absolute Gasteiger partial charge is 1.00 e. The Hall–Kier alpha value is 1.36. The summed E-state index contributed by atoms with van der Waals surface area (Å²) in [7, 11) is -3.83. The van der Waals surface area contributed by atoms with Gasteiger partial charge in [0.2, 0.25) is 0 Å². The third-order valence-electron chi connectivity index (χ3n) is 0. The summed E-state index contributed by atoms with van der Waals surface area (Å²) in [4.78, 5) is 8.56. The Morgan fingerprint density at radius 1 is 0.938 bits per heavy atom. The van der Waals surface area contributed by atoms with Crippen molar-refractivity contribution in [3.05, 3.63) is 0 Å². The average molecular weight is 314 g/mol. The zero-order valence-electron chi connectivity index (χ0n) is 10.4. The molecule has 0 saturated heterocycles. The van der Waals surface area contributed by atoms with E-state index in [1.54, 1.807) is 0 Å². The summed E-state index contributed by atoms with van der Waals surface area (Å²) >= 11 is 3.47. The molecule has 0 rings (SSSR count). The molecule has 0 aliphatic carbocycles. The van der Waals surface area contributed by atoms with Crippen LogP contribution in [0.4, 0.5) is 4.79 Å². The van der Waals surface area contributed by atoms with E-state index >= 15 is 0 Å². The minimum Gasteiger partial charge on any atom is -1.00 e. The molecule has 16 heavy (non-hydrogen) atoms. The van der Waals surface area contributed by atoms with Gasteiger partial charge >= 0.3 is 65.3 Å². The van der Waals surface area contributed by atoms with E-state index in [1.165, 1.54) is 0 Å². The van der Waals surface area contributed by atoms with E-state index in [9.17, 15) is 0 Å². The van der Waals surface area contributed by atoms with Crippen molar-refractivity contribution < 1.29 is 118 Å². The van der Waals surface area contributed by atoms with Gasteiger partial charge in [0.05, 0.1) is 0 Å². The van der Waals surface area contributed by atoms with E-state index in [1.807, 2.05) is 0 Å². The van der Waals surface area contributed by atoms with Crippen molar-refractivity contribution in [2.45, 2.75) is 0 Å². The fraction of sp³-hybridized carbons (Fsp3) is 0. The van der Waals surface area contributed by atoms with Crippen molar-refractivity contribution in [2.24, 2.45) is 0 Å². The zero-order valence-corrected chi connectivity index (χ0v) is 14.1. The zero-order chi connectivity index (χ0) is 8.08. The van der Waals surface area contributed by atoms with Crippen molar-refractivity contribution in [3.8, 4) is 0 Å². The van der Waals surface area contributed by atoms with Gasteiger partial charge in [0, 0.05) is 11.2 Å². The van der Waals surface area contributed by atoms with Crippen molar-refractivity contribution in [1.29, 1.82) is 0 Å².